The van der Waals surface area contributed by atoms with Gasteiger partial charge in [-0.25, -0.2) is 5.43 Å². The smallest absolute Gasteiger partial charge is 0.329 e. The van der Waals surface area contributed by atoms with Crippen molar-refractivity contribution in [1.29, 1.82) is 0 Å². The second-order valence-electron chi connectivity index (χ2n) is 6.58. The number of benzene rings is 2. The highest BCUT2D eigenvalue weighted by atomic mass is 35.5. The summed E-state index contributed by atoms with van der Waals surface area (Å²) in [6.07, 6.45) is 1.37. The Morgan fingerprint density at radius 2 is 1.81 bits per heavy atom. The lowest BCUT2D eigenvalue weighted by molar-refractivity contribution is -0.136. The van der Waals surface area contributed by atoms with Gasteiger partial charge >= 0.3 is 11.8 Å². The molecule has 0 aliphatic rings. The van der Waals surface area contributed by atoms with Gasteiger partial charge in [0.15, 0.2) is 6.61 Å². The number of halogens is 1. The summed E-state index contributed by atoms with van der Waals surface area (Å²) in [5, 5.41) is 9.18. The number of carbonyl (C=O) groups is 3. The zero-order chi connectivity index (χ0) is 22.8. The summed E-state index contributed by atoms with van der Waals surface area (Å²) in [5.41, 5.74) is 3.13. The van der Waals surface area contributed by atoms with Gasteiger partial charge in [-0.3, -0.25) is 14.4 Å². The highest BCUT2D eigenvalue weighted by molar-refractivity contribution is 6.40. The predicted octanol–water partition coefficient (Wildman–Crippen LogP) is 2.34. The van der Waals surface area contributed by atoms with E-state index in [1.165, 1.54) is 19.4 Å². The van der Waals surface area contributed by atoms with Crippen LogP contribution in [0.5, 0.6) is 11.5 Å². The molecule has 0 aliphatic heterocycles. The quantitative estimate of drug-likeness (QED) is 0.327. The average Bonchev–Trinajstić information content (AvgIpc) is 2.72. The fourth-order valence-corrected chi connectivity index (χ4v) is 2.57. The van der Waals surface area contributed by atoms with E-state index < -0.39 is 11.8 Å². The number of carbonyl (C=O) groups excluding carboxylic acids is 3. The van der Waals surface area contributed by atoms with Crippen molar-refractivity contribution in [2.45, 2.75) is 19.9 Å². The molecule has 0 fully saturated rings. The maximum Gasteiger partial charge on any atom is 0.329 e. The molecule has 2 aromatic carbocycles. The SMILES string of the molecule is COc1ccc(NC(=O)C(=O)N/N=C\c2ccc(OCC(=O)NC(C)C)cc2)cc1Cl. The van der Waals surface area contributed by atoms with Crippen LogP contribution in [0, 0.1) is 0 Å². The van der Waals surface area contributed by atoms with Crippen molar-refractivity contribution in [3.8, 4) is 11.5 Å². The number of ether oxygens (including phenoxy) is 2. The van der Waals surface area contributed by atoms with Gasteiger partial charge in [-0.1, -0.05) is 11.6 Å². The van der Waals surface area contributed by atoms with Gasteiger partial charge < -0.3 is 20.1 Å². The molecule has 2 aromatic rings. The summed E-state index contributed by atoms with van der Waals surface area (Å²) >= 11 is 5.98. The number of hydrogen-bond donors (Lipinski definition) is 3. The Balaban J connectivity index is 1.81. The molecule has 31 heavy (non-hydrogen) atoms. The summed E-state index contributed by atoms with van der Waals surface area (Å²) in [4.78, 5) is 35.4. The van der Waals surface area contributed by atoms with Crippen LogP contribution < -0.4 is 25.5 Å². The zero-order valence-corrected chi connectivity index (χ0v) is 18.0. The van der Waals surface area contributed by atoms with E-state index in [1.54, 1.807) is 36.4 Å². The van der Waals surface area contributed by atoms with E-state index in [0.29, 0.717) is 27.8 Å². The molecule has 0 saturated carbocycles. The van der Waals surface area contributed by atoms with Crippen LogP contribution in [0.3, 0.4) is 0 Å². The van der Waals surface area contributed by atoms with Gasteiger partial charge in [0.05, 0.1) is 18.3 Å². The molecule has 0 atom stereocenters. The third kappa shape index (κ3) is 7.98. The van der Waals surface area contributed by atoms with Crippen LogP contribution in [-0.2, 0) is 14.4 Å². The van der Waals surface area contributed by atoms with Crippen molar-refractivity contribution >= 4 is 41.2 Å². The topological polar surface area (TPSA) is 118 Å². The highest BCUT2D eigenvalue weighted by Gasteiger charge is 2.13. The number of rotatable bonds is 8. The Kier molecular flexibility index (Phi) is 8.83. The summed E-state index contributed by atoms with van der Waals surface area (Å²) in [5.74, 6) is -1.10. The predicted molar refractivity (Wildman–Crippen MR) is 118 cm³/mol. The van der Waals surface area contributed by atoms with Crippen molar-refractivity contribution < 1.29 is 23.9 Å². The first-order valence-corrected chi connectivity index (χ1v) is 9.66. The van der Waals surface area contributed by atoms with E-state index >= 15 is 0 Å². The molecule has 9 nitrogen and oxygen atoms in total. The Hall–Kier alpha value is -3.59. The summed E-state index contributed by atoms with van der Waals surface area (Å²) < 4.78 is 10.4. The van der Waals surface area contributed by atoms with Gasteiger partial charge in [0.2, 0.25) is 0 Å². The molecule has 164 valence electrons. The van der Waals surface area contributed by atoms with Crippen LogP contribution in [0.1, 0.15) is 19.4 Å². The van der Waals surface area contributed by atoms with E-state index in [9.17, 15) is 14.4 Å². The highest BCUT2D eigenvalue weighted by Crippen LogP contribution is 2.27. The number of nitrogens with zero attached hydrogens (tertiary/aromatic N) is 1. The molecule has 0 bridgehead atoms. The fraction of sp³-hybridized carbons (Fsp3) is 0.238. The van der Waals surface area contributed by atoms with Crippen molar-refractivity contribution in [2.24, 2.45) is 5.10 Å². The molecular weight excluding hydrogens is 424 g/mol. The van der Waals surface area contributed by atoms with Crippen molar-refractivity contribution in [3.05, 3.63) is 53.1 Å². The van der Waals surface area contributed by atoms with Crippen LogP contribution >= 0.6 is 11.6 Å². The van der Waals surface area contributed by atoms with Crippen LogP contribution in [-0.4, -0.2) is 43.7 Å². The van der Waals surface area contributed by atoms with E-state index in [-0.39, 0.29) is 18.6 Å². The van der Waals surface area contributed by atoms with Gasteiger partial charge in [0.1, 0.15) is 11.5 Å². The fourth-order valence-electron chi connectivity index (χ4n) is 2.31. The first kappa shape index (κ1) is 23.7. The Labute approximate surface area is 184 Å². The van der Waals surface area contributed by atoms with Crippen LogP contribution in [0.4, 0.5) is 5.69 Å². The standard InChI is InChI=1S/C21H23ClN4O5/c1-13(2)24-19(27)12-31-16-7-4-14(5-8-16)11-23-26-21(29)20(28)25-15-6-9-18(30-3)17(22)10-15/h4-11,13H,12H2,1-3H3,(H,24,27)(H,25,28)(H,26,29)/b23-11-. The molecule has 3 N–H and O–H groups in total. The summed E-state index contributed by atoms with van der Waals surface area (Å²) in [6.45, 7) is 3.64. The van der Waals surface area contributed by atoms with Crippen molar-refractivity contribution in [1.82, 2.24) is 10.7 Å². The van der Waals surface area contributed by atoms with Crippen molar-refractivity contribution in [3.63, 3.8) is 0 Å². The number of methoxy groups -OCH3 is 1. The molecule has 0 saturated heterocycles. The lowest BCUT2D eigenvalue weighted by Crippen LogP contribution is -2.34. The first-order valence-electron chi connectivity index (χ1n) is 9.28. The van der Waals surface area contributed by atoms with Crippen LogP contribution in [0.25, 0.3) is 0 Å². The van der Waals surface area contributed by atoms with E-state index in [1.807, 2.05) is 13.8 Å². The molecule has 0 aliphatic carbocycles. The molecule has 0 spiro atoms. The molecule has 0 unspecified atom stereocenters. The number of hydrazone groups is 1. The lowest BCUT2D eigenvalue weighted by atomic mass is 10.2. The Morgan fingerprint density at radius 3 is 2.42 bits per heavy atom. The summed E-state index contributed by atoms with van der Waals surface area (Å²) in [6, 6.07) is 11.3. The van der Waals surface area contributed by atoms with Gasteiger partial charge in [-0.15, -0.1) is 0 Å². The van der Waals surface area contributed by atoms with Crippen LogP contribution in [0.15, 0.2) is 47.6 Å². The minimum atomic E-state index is -0.945. The maximum atomic E-state index is 11.9. The van der Waals surface area contributed by atoms with E-state index in [2.05, 4.69) is 21.2 Å². The monoisotopic (exact) mass is 446 g/mol. The molecule has 3 amide bonds. The van der Waals surface area contributed by atoms with E-state index in [4.69, 9.17) is 21.1 Å². The zero-order valence-electron chi connectivity index (χ0n) is 17.3. The Morgan fingerprint density at radius 1 is 1.10 bits per heavy atom. The molecule has 10 heteroatoms. The molecular formula is C21H23ClN4O5. The van der Waals surface area contributed by atoms with E-state index in [0.717, 1.165) is 0 Å². The van der Waals surface area contributed by atoms with Crippen molar-refractivity contribution in [2.75, 3.05) is 19.0 Å². The third-order valence-electron chi connectivity index (χ3n) is 3.70. The number of hydrogen-bond acceptors (Lipinski definition) is 6. The average molecular weight is 447 g/mol. The number of anilines is 1. The first-order chi connectivity index (χ1) is 14.8. The normalized spacial score (nSPS) is 10.6. The second-order valence-corrected chi connectivity index (χ2v) is 6.99. The summed E-state index contributed by atoms with van der Waals surface area (Å²) in [7, 11) is 1.47. The lowest BCUT2D eigenvalue weighted by Gasteiger charge is -2.09. The maximum absolute atomic E-state index is 11.9. The van der Waals surface area contributed by atoms with Crippen LogP contribution in [0.2, 0.25) is 5.02 Å². The second kappa shape index (κ2) is 11.6. The number of amides is 3. The molecule has 0 aromatic heterocycles. The Bertz CT molecular complexity index is 961. The number of nitrogens with one attached hydrogen (secondary N) is 3. The van der Waals surface area contributed by atoms with Gasteiger partial charge in [0.25, 0.3) is 5.91 Å². The minimum absolute atomic E-state index is 0.0426. The van der Waals surface area contributed by atoms with Gasteiger partial charge in [-0.2, -0.15) is 5.10 Å². The third-order valence-corrected chi connectivity index (χ3v) is 3.99. The van der Waals surface area contributed by atoms with Gasteiger partial charge in [-0.05, 0) is 61.9 Å². The molecule has 0 radical (unpaired) electrons. The largest absolute Gasteiger partial charge is 0.495 e. The molecule has 0 heterocycles. The molecule has 2 rings (SSSR count). The van der Waals surface area contributed by atoms with Gasteiger partial charge in [0, 0.05) is 11.7 Å². The minimum Gasteiger partial charge on any atom is -0.495 e.